The highest BCUT2D eigenvalue weighted by molar-refractivity contribution is 5.92. The van der Waals surface area contributed by atoms with Gasteiger partial charge in [-0.05, 0) is 43.2 Å². The lowest BCUT2D eigenvalue weighted by Crippen LogP contribution is -2.20. The van der Waals surface area contributed by atoms with Crippen molar-refractivity contribution < 1.29 is 4.79 Å². The zero-order valence-corrected chi connectivity index (χ0v) is 14.3. The summed E-state index contributed by atoms with van der Waals surface area (Å²) in [6.45, 7) is 4.01. The van der Waals surface area contributed by atoms with Gasteiger partial charge in [0.25, 0.3) is 5.56 Å². The van der Waals surface area contributed by atoms with Crippen molar-refractivity contribution in [3.05, 3.63) is 93.9 Å². The van der Waals surface area contributed by atoms with E-state index in [1.54, 1.807) is 12.3 Å². The Labute approximate surface area is 146 Å². The predicted molar refractivity (Wildman–Crippen MR) is 100 cm³/mol. The first-order chi connectivity index (χ1) is 12.0. The molecule has 0 bridgehead atoms. The van der Waals surface area contributed by atoms with Crippen molar-refractivity contribution >= 4 is 11.6 Å². The predicted octanol–water partition coefficient (Wildman–Crippen LogP) is 3.64. The van der Waals surface area contributed by atoms with Crippen LogP contribution in [-0.4, -0.2) is 10.5 Å². The molecular formula is C21H20N2O2. The van der Waals surface area contributed by atoms with Crippen molar-refractivity contribution in [3.8, 4) is 5.69 Å². The van der Waals surface area contributed by atoms with Crippen molar-refractivity contribution in [3.63, 3.8) is 0 Å². The van der Waals surface area contributed by atoms with E-state index in [0.717, 1.165) is 22.4 Å². The van der Waals surface area contributed by atoms with E-state index in [2.05, 4.69) is 5.32 Å². The molecule has 2 aromatic carbocycles. The molecule has 1 amide bonds. The van der Waals surface area contributed by atoms with Crippen LogP contribution in [0.1, 0.15) is 16.7 Å². The first kappa shape index (κ1) is 16.7. The SMILES string of the molecule is Cc1ccc(C)c(CC(=O)Nc2ccc(=O)n(-c3ccccc3)c2)c1. The normalized spacial score (nSPS) is 10.5. The van der Waals surface area contributed by atoms with Gasteiger partial charge in [0.2, 0.25) is 5.91 Å². The molecule has 0 saturated heterocycles. The quantitative estimate of drug-likeness (QED) is 0.793. The molecule has 0 spiro atoms. The fraction of sp³-hybridized carbons (Fsp3) is 0.143. The standard InChI is InChI=1S/C21H20N2O2/c1-15-8-9-16(2)17(12-15)13-20(24)22-18-10-11-21(25)23(14-18)19-6-4-3-5-7-19/h3-12,14H,13H2,1-2H3,(H,22,24). The first-order valence-electron chi connectivity index (χ1n) is 8.17. The average Bonchev–Trinajstić information content (AvgIpc) is 2.60. The van der Waals surface area contributed by atoms with Gasteiger partial charge < -0.3 is 5.32 Å². The van der Waals surface area contributed by atoms with Crippen LogP contribution in [-0.2, 0) is 11.2 Å². The molecule has 0 aliphatic rings. The lowest BCUT2D eigenvalue weighted by Gasteiger charge is -2.11. The number of carbonyl (C=O) groups excluding carboxylic acids is 1. The largest absolute Gasteiger partial charge is 0.324 e. The molecule has 0 radical (unpaired) electrons. The lowest BCUT2D eigenvalue weighted by atomic mass is 10.0. The minimum atomic E-state index is -0.140. The molecule has 0 unspecified atom stereocenters. The van der Waals surface area contributed by atoms with Crippen molar-refractivity contribution in [1.29, 1.82) is 0 Å². The maximum absolute atomic E-state index is 12.4. The number of aromatic nitrogens is 1. The molecule has 0 aliphatic carbocycles. The van der Waals surface area contributed by atoms with Gasteiger partial charge in [0, 0.05) is 18.0 Å². The van der Waals surface area contributed by atoms with Crippen LogP contribution in [0.15, 0.2) is 71.7 Å². The van der Waals surface area contributed by atoms with E-state index in [-0.39, 0.29) is 11.5 Å². The number of anilines is 1. The monoisotopic (exact) mass is 332 g/mol. The number of nitrogens with one attached hydrogen (secondary N) is 1. The van der Waals surface area contributed by atoms with Crippen LogP contribution in [0.3, 0.4) is 0 Å². The van der Waals surface area contributed by atoms with E-state index < -0.39 is 0 Å². The Morgan fingerprint density at radius 1 is 1.00 bits per heavy atom. The van der Waals surface area contributed by atoms with Crippen molar-refractivity contribution in [2.45, 2.75) is 20.3 Å². The van der Waals surface area contributed by atoms with Gasteiger partial charge in [-0.2, -0.15) is 0 Å². The summed E-state index contributed by atoms with van der Waals surface area (Å²) in [4.78, 5) is 24.5. The van der Waals surface area contributed by atoms with Gasteiger partial charge in [-0.3, -0.25) is 14.2 Å². The van der Waals surface area contributed by atoms with Crippen LogP contribution in [0.2, 0.25) is 0 Å². The second-order valence-electron chi connectivity index (χ2n) is 6.12. The van der Waals surface area contributed by atoms with Crippen LogP contribution in [0.4, 0.5) is 5.69 Å². The third-order valence-corrected chi connectivity index (χ3v) is 4.08. The molecule has 0 fully saturated rings. The van der Waals surface area contributed by atoms with Crippen LogP contribution in [0, 0.1) is 13.8 Å². The van der Waals surface area contributed by atoms with E-state index >= 15 is 0 Å². The summed E-state index contributed by atoms with van der Waals surface area (Å²) >= 11 is 0. The number of pyridine rings is 1. The highest BCUT2D eigenvalue weighted by atomic mass is 16.1. The third kappa shape index (κ3) is 4.04. The highest BCUT2D eigenvalue weighted by Gasteiger charge is 2.08. The van der Waals surface area contributed by atoms with Gasteiger partial charge in [0.05, 0.1) is 12.1 Å². The Hall–Kier alpha value is -3.14. The summed E-state index contributed by atoms with van der Waals surface area (Å²) in [6.07, 6.45) is 1.96. The molecule has 25 heavy (non-hydrogen) atoms. The second kappa shape index (κ2) is 7.18. The number of rotatable bonds is 4. The number of carbonyl (C=O) groups is 1. The molecule has 3 aromatic rings. The highest BCUT2D eigenvalue weighted by Crippen LogP contribution is 2.13. The number of para-hydroxylation sites is 1. The lowest BCUT2D eigenvalue weighted by molar-refractivity contribution is -0.115. The Balaban J connectivity index is 1.80. The minimum absolute atomic E-state index is 0.105. The fourth-order valence-corrected chi connectivity index (χ4v) is 2.72. The molecule has 1 N–H and O–H groups in total. The third-order valence-electron chi connectivity index (χ3n) is 4.08. The zero-order chi connectivity index (χ0) is 17.8. The van der Waals surface area contributed by atoms with E-state index in [9.17, 15) is 9.59 Å². The molecular weight excluding hydrogens is 312 g/mol. The fourth-order valence-electron chi connectivity index (χ4n) is 2.72. The van der Waals surface area contributed by atoms with Crippen LogP contribution >= 0.6 is 0 Å². The summed E-state index contributed by atoms with van der Waals surface area (Å²) in [6, 6.07) is 18.5. The molecule has 0 saturated carbocycles. The van der Waals surface area contributed by atoms with E-state index in [1.165, 1.54) is 10.6 Å². The summed E-state index contributed by atoms with van der Waals surface area (Å²) in [5.74, 6) is -0.105. The maximum Gasteiger partial charge on any atom is 0.255 e. The van der Waals surface area contributed by atoms with Gasteiger partial charge in [0.15, 0.2) is 0 Å². The zero-order valence-electron chi connectivity index (χ0n) is 14.3. The summed E-state index contributed by atoms with van der Waals surface area (Å²) in [5.41, 5.74) is 4.45. The summed E-state index contributed by atoms with van der Waals surface area (Å²) in [7, 11) is 0. The Morgan fingerprint density at radius 2 is 1.76 bits per heavy atom. The maximum atomic E-state index is 12.4. The smallest absolute Gasteiger partial charge is 0.255 e. The second-order valence-corrected chi connectivity index (χ2v) is 6.12. The van der Waals surface area contributed by atoms with Crippen LogP contribution in [0.5, 0.6) is 0 Å². The number of hydrogen-bond donors (Lipinski definition) is 1. The van der Waals surface area contributed by atoms with Crippen LogP contribution < -0.4 is 10.9 Å². The Bertz CT molecular complexity index is 959. The van der Waals surface area contributed by atoms with Crippen molar-refractivity contribution in [2.75, 3.05) is 5.32 Å². The average molecular weight is 332 g/mol. The number of hydrogen-bond acceptors (Lipinski definition) is 2. The van der Waals surface area contributed by atoms with E-state index in [0.29, 0.717) is 12.1 Å². The molecule has 126 valence electrons. The van der Waals surface area contributed by atoms with Crippen LogP contribution in [0.25, 0.3) is 5.69 Å². The van der Waals surface area contributed by atoms with Gasteiger partial charge in [0.1, 0.15) is 0 Å². The molecule has 1 aromatic heterocycles. The van der Waals surface area contributed by atoms with E-state index in [1.807, 2.05) is 62.4 Å². The topological polar surface area (TPSA) is 51.1 Å². The van der Waals surface area contributed by atoms with Gasteiger partial charge in [-0.1, -0.05) is 42.0 Å². The minimum Gasteiger partial charge on any atom is -0.324 e. The Kier molecular flexibility index (Phi) is 4.80. The first-order valence-corrected chi connectivity index (χ1v) is 8.17. The van der Waals surface area contributed by atoms with E-state index in [4.69, 9.17) is 0 Å². The van der Waals surface area contributed by atoms with Crippen molar-refractivity contribution in [1.82, 2.24) is 4.57 Å². The summed E-state index contributed by atoms with van der Waals surface area (Å²) < 4.78 is 1.52. The number of nitrogens with zero attached hydrogens (tertiary/aromatic N) is 1. The molecule has 4 nitrogen and oxygen atoms in total. The van der Waals surface area contributed by atoms with Gasteiger partial charge in [-0.25, -0.2) is 0 Å². The molecule has 3 rings (SSSR count). The Morgan fingerprint density at radius 3 is 2.52 bits per heavy atom. The van der Waals surface area contributed by atoms with Crippen molar-refractivity contribution in [2.24, 2.45) is 0 Å². The molecule has 0 atom stereocenters. The molecule has 4 heteroatoms. The number of aryl methyl sites for hydroxylation is 2. The number of benzene rings is 2. The number of amides is 1. The molecule has 1 heterocycles. The molecule has 0 aliphatic heterocycles. The van der Waals surface area contributed by atoms with Gasteiger partial charge >= 0.3 is 0 Å². The summed E-state index contributed by atoms with van der Waals surface area (Å²) in [5, 5.41) is 2.88. The van der Waals surface area contributed by atoms with Gasteiger partial charge in [-0.15, -0.1) is 0 Å².